The van der Waals surface area contributed by atoms with E-state index in [2.05, 4.69) is 29.4 Å². The Kier molecular flexibility index (Phi) is 7.67. The van der Waals surface area contributed by atoms with Crippen molar-refractivity contribution in [1.82, 2.24) is 15.5 Å². The summed E-state index contributed by atoms with van der Waals surface area (Å²) in [7, 11) is 0. The number of carbonyl (C=O) groups is 2. The van der Waals surface area contributed by atoms with Gasteiger partial charge in [0.05, 0.1) is 6.54 Å². The maximum atomic E-state index is 11.8. The fraction of sp³-hybridized carbons (Fsp3) is 0.867. The molecule has 4 N–H and O–H groups in total. The number of imide groups is 1. The molecule has 0 aliphatic carbocycles. The van der Waals surface area contributed by atoms with Crippen molar-refractivity contribution in [2.45, 2.75) is 46.1 Å². The molecular weight excluding hydrogens is 268 g/mol. The fourth-order valence-corrected chi connectivity index (χ4v) is 2.52. The Morgan fingerprint density at radius 3 is 2.38 bits per heavy atom. The molecule has 0 spiro atoms. The Bertz CT molecular complexity index is 337. The van der Waals surface area contributed by atoms with Gasteiger partial charge in [-0.25, -0.2) is 4.79 Å². The molecule has 6 nitrogen and oxygen atoms in total. The van der Waals surface area contributed by atoms with Gasteiger partial charge in [0.15, 0.2) is 0 Å². The molecule has 1 heterocycles. The first-order valence-electron chi connectivity index (χ1n) is 7.94. The van der Waals surface area contributed by atoms with Crippen molar-refractivity contribution in [2.75, 3.05) is 26.2 Å². The van der Waals surface area contributed by atoms with Gasteiger partial charge in [-0.15, -0.1) is 0 Å². The highest BCUT2D eigenvalue weighted by molar-refractivity contribution is 5.95. The van der Waals surface area contributed by atoms with Gasteiger partial charge in [0.2, 0.25) is 5.91 Å². The molecule has 122 valence electrons. The molecule has 1 rings (SSSR count). The van der Waals surface area contributed by atoms with Crippen LogP contribution in [0, 0.1) is 11.8 Å². The summed E-state index contributed by atoms with van der Waals surface area (Å²) in [5.41, 5.74) is 5.90. The van der Waals surface area contributed by atoms with Crippen LogP contribution >= 0.6 is 0 Å². The Labute approximate surface area is 127 Å². The van der Waals surface area contributed by atoms with Crippen molar-refractivity contribution < 1.29 is 9.59 Å². The predicted molar refractivity (Wildman–Crippen MR) is 83.8 cm³/mol. The zero-order valence-electron chi connectivity index (χ0n) is 13.5. The van der Waals surface area contributed by atoms with E-state index in [1.54, 1.807) is 0 Å². The van der Waals surface area contributed by atoms with Gasteiger partial charge in [-0.3, -0.25) is 15.0 Å². The van der Waals surface area contributed by atoms with Gasteiger partial charge < -0.3 is 11.1 Å². The van der Waals surface area contributed by atoms with Crippen molar-refractivity contribution in [3.05, 3.63) is 0 Å². The van der Waals surface area contributed by atoms with Crippen LogP contribution in [0.25, 0.3) is 0 Å². The molecule has 0 aromatic rings. The van der Waals surface area contributed by atoms with Crippen LogP contribution < -0.4 is 16.4 Å². The van der Waals surface area contributed by atoms with E-state index in [1.807, 2.05) is 6.92 Å². The van der Waals surface area contributed by atoms with E-state index in [9.17, 15) is 9.59 Å². The largest absolute Gasteiger partial charge is 0.338 e. The Hall–Kier alpha value is -1.14. The third-order valence-electron chi connectivity index (χ3n) is 4.00. The topological polar surface area (TPSA) is 87.5 Å². The van der Waals surface area contributed by atoms with E-state index >= 15 is 0 Å². The molecule has 0 bridgehead atoms. The number of carbonyl (C=O) groups excluding carboxylic acids is 2. The lowest BCUT2D eigenvalue weighted by Crippen LogP contribution is -2.47. The maximum Gasteiger partial charge on any atom is 0.321 e. The van der Waals surface area contributed by atoms with Crippen molar-refractivity contribution in [2.24, 2.45) is 17.6 Å². The van der Waals surface area contributed by atoms with Gasteiger partial charge in [0.1, 0.15) is 0 Å². The number of rotatable bonds is 6. The van der Waals surface area contributed by atoms with Crippen LogP contribution in [0.4, 0.5) is 4.79 Å². The molecule has 1 saturated heterocycles. The summed E-state index contributed by atoms with van der Waals surface area (Å²) in [4.78, 5) is 25.4. The number of likely N-dealkylation sites (tertiary alicyclic amines) is 1. The molecule has 1 fully saturated rings. The van der Waals surface area contributed by atoms with Crippen LogP contribution in [0.2, 0.25) is 0 Å². The minimum atomic E-state index is -0.397. The molecule has 1 unspecified atom stereocenters. The summed E-state index contributed by atoms with van der Waals surface area (Å²) in [5, 5.41) is 5.08. The molecule has 0 saturated carbocycles. The average Bonchev–Trinajstić information content (AvgIpc) is 2.38. The van der Waals surface area contributed by atoms with E-state index in [-0.39, 0.29) is 18.5 Å². The lowest BCUT2D eigenvalue weighted by atomic mass is 9.91. The van der Waals surface area contributed by atoms with Gasteiger partial charge in [-0.05, 0) is 51.1 Å². The highest BCUT2D eigenvalue weighted by atomic mass is 16.2. The zero-order chi connectivity index (χ0) is 15.8. The molecule has 1 atom stereocenters. The second-order valence-electron chi connectivity index (χ2n) is 6.46. The molecule has 0 aromatic heterocycles. The standard InChI is InChI=1S/C15H30N4O2/c1-11(2)4-7-17-15(21)18-14(20)10-19-8-5-13(6-9-19)12(3)16/h11-13H,4-10,16H2,1-3H3,(H2,17,18,20,21). The zero-order valence-corrected chi connectivity index (χ0v) is 13.5. The van der Waals surface area contributed by atoms with E-state index in [0.717, 1.165) is 32.4 Å². The number of nitrogens with zero attached hydrogens (tertiary/aromatic N) is 1. The quantitative estimate of drug-likeness (QED) is 0.680. The summed E-state index contributed by atoms with van der Waals surface area (Å²) in [6.07, 6.45) is 2.95. The van der Waals surface area contributed by atoms with E-state index in [4.69, 9.17) is 5.73 Å². The molecule has 1 aliphatic rings. The molecule has 0 aromatic carbocycles. The molecular formula is C15H30N4O2. The average molecular weight is 298 g/mol. The van der Waals surface area contributed by atoms with Crippen LogP contribution in [0.15, 0.2) is 0 Å². The van der Waals surface area contributed by atoms with Crippen molar-refractivity contribution in [1.29, 1.82) is 0 Å². The predicted octanol–water partition coefficient (Wildman–Crippen LogP) is 0.918. The number of piperidine rings is 1. The lowest BCUT2D eigenvalue weighted by molar-refractivity contribution is -0.121. The van der Waals surface area contributed by atoms with Crippen molar-refractivity contribution >= 4 is 11.9 Å². The number of hydrogen-bond acceptors (Lipinski definition) is 4. The van der Waals surface area contributed by atoms with Gasteiger partial charge >= 0.3 is 6.03 Å². The number of nitrogens with one attached hydrogen (secondary N) is 2. The first-order valence-corrected chi connectivity index (χ1v) is 7.94. The summed E-state index contributed by atoms with van der Waals surface area (Å²) < 4.78 is 0. The Balaban J connectivity index is 2.18. The Morgan fingerprint density at radius 1 is 1.24 bits per heavy atom. The van der Waals surface area contributed by atoms with Crippen molar-refractivity contribution in [3.8, 4) is 0 Å². The Morgan fingerprint density at radius 2 is 1.86 bits per heavy atom. The number of nitrogens with two attached hydrogens (primary N) is 1. The van der Waals surface area contributed by atoms with E-state index < -0.39 is 6.03 Å². The number of urea groups is 1. The van der Waals surface area contributed by atoms with Crippen LogP contribution in [0.1, 0.15) is 40.0 Å². The van der Waals surface area contributed by atoms with Crippen LogP contribution in [-0.4, -0.2) is 49.1 Å². The second-order valence-corrected chi connectivity index (χ2v) is 6.46. The first kappa shape index (κ1) is 17.9. The summed E-state index contributed by atoms with van der Waals surface area (Å²) in [6, 6.07) is -0.182. The van der Waals surface area contributed by atoms with Gasteiger partial charge in [0.25, 0.3) is 0 Å². The third kappa shape index (κ3) is 7.43. The SMILES string of the molecule is CC(C)CCNC(=O)NC(=O)CN1CCC(C(C)N)CC1. The van der Waals surface area contributed by atoms with Crippen LogP contribution in [0.5, 0.6) is 0 Å². The van der Waals surface area contributed by atoms with Crippen LogP contribution in [0.3, 0.4) is 0 Å². The van der Waals surface area contributed by atoms with Crippen LogP contribution in [-0.2, 0) is 4.79 Å². The molecule has 0 radical (unpaired) electrons. The minimum Gasteiger partial charge on any atom is -0.338 e. The molecule has 6 heteroatoms. The molecule has 21 heavy (non-hydrogen) atoms. The highest BCUT2D eigenvalue weighted by Gasteiger charge is 2.23. The number of amides is 3. The van der Waals surface area contributed by atoms with Gasteiger partial charge in [-0.1, -0.05) is 13.8 Å². The smallest absolute Gasteiger partial charge is 0.321 e. The summed E-state index contributed by atoms with van der Waals surface area (Å²) in [5.74, 6) is 0.840. The second kappa shape index (κ2) is 9.00. The fourth-order valence-electron chi connectivity index (χ4n) is 2.52. The maximum absolute atomic E-state index is 11.8. The summed E-state index contributed by atoms with van der Waals surface area (Å²) >= 11 is 0. The molecule has 1 aliphatic heterocycles. The first-order chi connectivity index (χ1) is 9.88. The van der Waals surface area contributed by atoms with Crippen molar-refractivity contribution in [3.63, 3.8) is 0 Å². The van der Waals surface area contributed by atoms with E-state index in [1.165, 1.54) is 0 Å². The minimum absolute atomic E-state index is 0.215. The van der Waals surface area contributed by atoms with E-state index in [0.29, 0.717) is 18.4 Å². The molecule has 3 amide bonds. The normalized spacial score (nSPS) is 18.5. The number of hydrogen-bond donors (Lipinski definition) is 3. The third-order valence-corrected chi connectivity index (χ3v) is 4.00. The van der Waals surface area contributed by atoms with Gasteiger partial charge in [-0.2, -0.15) is 0 Å². The lowest BCUT2D eigenvalue weighted by Gasteiger charge is -2.33. The summed E-state index contributed by atoms with van der Waals surface area (Å²) in [6.45, 7) is 8.84. The monoisotopic (exact) mass is 298 g/mol. The highest BCUT2D eigenvalue weighted by Crippen LogP contribution is 2.18. The van der Waals surface area contributed by atoms with Gasteiger partial charge in [0, 0.05) is 12.6 Å².